The summed E-state index contributed by atoms with van der Waals surface area (Å²) in [6.45, 7) is 5.53. The van der Waals surface area contributed by atoms with E-state index >= 15 is 0 Å². The fraction of sp³-hybridized carbons (Fsp3) is 0.692. The van der Waals surface area contributed by atoms with E-state index in [9.17, 15) is 4.79 Å². The van der Waals surface area contributed by atoms with Crippen LogP contribution in [0.15, 0.2) is 12.4 Å². The lowest BCUT2D eigenvalue weighted by Crippen LogP contribution is -2.37. The number of anilines is 1. The lowest BCUT2D eigenvalue weighted by Gasteiger charge is -2.23. The Hall–Kier alpha value is -1.52. The van der Waals surface area contributed by atoms with Gasteiger partial charge in [-0.05, 0) is 25.2 Å². The van der Waals surface area contributed by atoms with Gasteiger partial charge in [-0.15, -0.1) is 0 Å². The van der Waals surface area contributed by atoms with Crippen molar-refractivity contribution in [1.82, 2.24) is 14.7 Å². The standard InChI is InChI=1S/C13H22N4O/c1-10(2)5-6-17(12-3-4-12)13(18)9-16-8-11(14)7-15-16/h7-8,10,12H,3-6,9,14H2,1-2H3. The fourth-order valence-electron chi connectivity index (χ4n) is 1.99. The van der Waals surface area contributed by atoms with Crippen molar-refractivity contribution in [3.63, 3.8) is 0 Å². The van der Waals surface area contributed by atoms with Gasteiger partial charge in [-0.3, -0.25) is 9.48 Å². The van der Waals surface area contributed by atoms with Gasteiger partial charge < -0.3 is 10.6 Å². The first-order chi connectivity index (χ1) is 8.56. The van der Waals surface area contributed by atoms with E-state index in [-0.39, 0.29) is 5.91 Å². The number of amides is 1. The van der Waals surface area contributed by atoms with Crippen molar-refractivity contribution in [3.05, 3.63) is 12.4 Å². The number of hydrogen-bond acceptors (Lipinski definition) is 3. The quantitative estimate of drug-likeness (QED) is 0.832. The van der Waals surface area contributed by atoms with Crippen molar-refractivity contribution < 1.29 is 4.79 Å². The molecule has 5 nitrogen and oxygen atoms in total. The van der Waals surface area contributed by atoms with Crippen LogP contribution in [0.4, 0.5) is 5.69 Å². The number of rotatable bonds is 6. The van der Waals surface area contributed by atoms with E-state index in [0.29, 0.717) is 24.2 Å². The third kappa shape index (κ3) is 3.48. The molecule has 2 N–H and O–H groups in total. The van der Waals surface area contributed by atoms with Crippen LogP contribution in [0.25, 0.3) is 0 Å². The van der Waals surface area contributed by atoms with Crippen LogP contribution in [0.2, 0.25) is 0 Å². The molecule has 0 aromatic carbocycles. The Morgan fingerprint density at radius 3 is 2.83 bits per heavy atom. The number of hydrogen-bond donors (Lipinski definition) is 1. The summed E-state index contributed by atoms with van der Waals surface area (Å²) in [6.07, 6.45) is 6.62. The zero-order valence-corrected chi connectivity index (χ0v) is 11.2. The predicted octanol–water partition coefficient (Wildman–Crippen LogP) is 1.50. The van der Waals surface area contributed by atoms with Crippen LogP contribution in [0, 0.1) is 5.92 Å². The van der Waals surface area contributed by atoms with Gasteiger partial charge in [-0.2, -0.15) is 5.10 Å². The van der Waals surface area contributed by atoms with Crippen molar-refractivity contribution >= 4 is 11.6 Å². The third-order valence-corrected chi connectivity index (χ3v) is 3.21. The molecular weight excluding hydrogens is 228 g/mol. The van der Waals surface area contributed by atoms with E-state index in [4.69, 9.17) is 5.73 Å². The highest BCUT2D eigenvalue weighted by molar-refractivity contribution is 5.76. The molecule has 100 valence electrons. The molecule has 0 radical (unpaired) electrons. The van der Waals surface area contributed by atoms with Gasteiger partial charge in [0.25, 0.3) is 0 Å². The first-order valence-corrected chi connectivity index (χ1v) is 6.63. The Labute approximate surface area is 108 Å². The summed E-state index contributed by atoms with van der Waals surface area (Å²) < 4.78 is 1.61. The van der Waals surface area contributed by atoms with Crippen LogP contribution in [0.1, 0.15) is 33.1 Å². The molecule has 2 rings (SSSR count). The molecule has 1 fully saturated rings. The Kier molecular flexibility index (Phi) is 3.89. The van der Waals surface area contributed by atoms with Crippen LogP contribution in [-0.4, -0.2) is 33.2 Å². The molecule has 1 aromatic rings. The van der Waals surface area contributed by atoms with Gasteiger partial charge in [-0.1, -0.05) is 13.8 Å². The lowest BCUT2D eigenvalue weighted by molar-refractivity contribution is -0.132. The number of nitrogens with zero attached hydrogens (tertiary/aromatic N) is 3. The average Bonchev–Trinajstić information content (AvgIpc) is 3.03. The molecule has 0 aliphatic heterocycles. The second-order valence-electron chi connectivity index (χ2n) is 5.47. The van der Waals surface area contributed by atoms with Gasteiger partial charge >= 0.3 is 0 Å². The number of nitrogen functional groups attached to an aromatic ring is 1. The van der Waals surface area contributed by atoms with E-state index < -0.39 is 0 Å². The first-order valence-electron chi connectivity index (χ1n) is 6.63. The Morgan fingerprint density at radius 1 is 1.61 bits per heavy atom. The zero-order chi connectivity index (χ0) is 13.1. The number of nitrogens with two attached hydrogens (primary N) is 1. The highest BCUT2D eigenvalue weighted by atomic mass is 16.2. The molecule has 5 heteroatoms. The molecule has 1 heterocycles. The van der Waals surface area contributed by atoms with Crippen molar-refractivity contribution in [2.24, 2.45) is 5.92 Å². The minimum Gasteiger partial charge on any atom is -0.396 e. The largest absolute Gasteiger partial charge is 0.396 e. The fourth-order valence-corrected chi connectivity index (χ4v) is 1.99. The molecule has 1 amide bonds. The Morgan fingerprint density at radius 2 is 2.33 bits per heavy atom. The SMILES string of the molecule is CC(C)CCN(C(=O)Cn1cc(N)cn1)C1CC1. The summed E-state index contributed by atoms with van der Waals surface area (Å²) in [4.78, 5) is 14.3. The molecule has 1 aliphatic carbocycles. The molecule has 1 aliphatic rings. The number of carbonyl (C=O) groups is 1. The molecular formula is C13H22N4O. The highest BCUT2D eigenvalue weighted by Crippen LogP contribution is 2.27. The summed E-state index contributed by atoms with van der Waals surface area (Å²) >= 11 is 0. The first kappa shape index (κ1) is 12.9. The van der Waals surface area contributed by atoms with Crippen LogP contribution in [0.3, 0.4) is 0 Å². The maximum atomic E-state index is 12.2. The van der Waals surface area contributed by atoms with Crippen molar-refractivity contribution in [2.75, 3.05) is 12.3 Å². The van der Waals surface area contributed by atoms with Gasteiger partial charge in [0.15, 0.2) is 0 Å². The summed E-state index contributed by atoms with van der Waals surface area (Å²) in [7, 11) is 0. The van der Waals surface area contributed by atoms with E-state index in [1.165, 1.54) is 0 Å². The lowest BCUT2D eigenvalue weighted by atomic mass is 10.1. The van der Waals surface area contributed by atoms with Crippen LogP contribution in [0.5, 0.6) is 0 Å². The second kappa shape index (κ2) is 5.42. The van der Waals surface area contributed by atoms with E-state index in [1.807, 2.05) is 4.90 Å². The van der Waals surface area contributed by atoms with Crippen molar-refractivity contribution in [2.45, 2.75) is 45.7 Å². The van der Waals surface area contributed by atoms with Crippen molar-refractivity contribution in [1.29, 1.82) is 0 Å². The maximum Gasteiger partial charge on any atom is 0.244 e. The third-order valence-electron chi connectivity index (χ3n) is 3.21. The highest BCUT2D eigenvalue weighted by Gasteiger charge is 2.32. The summed E-state index contributed by atoms with van der Waals surface area (Å²) in [5.41, 5.74) is 6.19. The number of aromatic nitrogens is 2. The molecule has 0 spiro atoms. The van der Waals surface area contributed by atoms with Crippen LogP contribution < -0.4 is 5.73 Å². The smallest absolute Gasteiger partial charge is 0.244 e. The summed E-state index contributed by atoms with van der Waals surface area (Å²) in [6, 6.07) is 0.462. The molecule has 18 heavy (non-hydrogen) atoms. The van der Waals surface area contributed by atoms with E-state index in [2.05, 4.69) is 18.9 Å². The second-order valence-corrected chi connectivity index (χ2v) is 5.47. The summed E-state index contributed by atoms with van der Waals surface area (Å²) in [5.74, 6) is 0.778. The zero-order valence-electron chi connectivity index (χ0n) is 11.2. The molecule has 1 saturated carbocycles. The van der Waals surface area contributed by atoms with Gasteiger partial charge in [-0.25, -0.2) is 0 Å². The maximum absolute atomic E-state index is 12.2. The molecule has 0 atom stereocenters. The molecule has 0 saturated heterocycles. The number of carbonyl (C=O) groups excluding carboxylic acids is 1. The minimum absolute atomic E-state index is 0.154. The van der Waals surface area contributed by atoms with Gasteiger partial charge in [0.05, 0.1) is 11.9 Å². The monoisotopic (exact) mass is 250 g/mol. The normalized spacial score (nSPS) is 15.1. The Bertz CT molecular complexity index is 409. The van der Waals surface area contributed by atoms with E-state index in [1.54, 1.807) is 17.1 Å². The van der Waals surface area contributed by atoms with Crippen molar-refractivity contribution in [3.8, 4) is 0 Å². The van der Waals surface area contributed by atoms with E-state index in [0.717, 1.165) is 25.8 Å². The minimum atomic E-state index is 0.154. The Balaban J connectivity index is 1.91. The average molecular weight is 250 g/mol. The topological polar surface area (TPSA) is 64.2 Å². The summed E-state index contributed by atoms with van der Waals surface area (Å²) in [5, 5.41) is 4.06. The van der Waals surface area contributed by atoms with Gasteiger partial charge in [0, 0.05) is 18.8 Å². The van der Waals surface area contributed by atoms with Gasteiger partial charge in [0.2, 0.25) is 5.91 Å². The van der Waals surface area contributed by atoms with Crippen LogP contribution >= 0.6 is 0 Å². The molecule has 0 unspecified atom stereocenters. The predicted molar refractivity (Wildman–Crippen MR) is 70.8 cm³/mol. The van der Waals surface area contributed by atoms with Gasteiger partial charge in [0.1, 0.15) is 6.54 Å². The van der Waals surface area contributed by atoms with Crippen LogP contribution in [-0.2, 0) is 11.3 Å². The molecule has 0 bridgehead atoms. The molecule has 1 aromatic heterocycles.